The van der Waals surface area contributed by atoms with Crippen molar-refractivity contribution in [3.63, 3.8) is 0 Å². The first-order chi connectivity index (χ1) is 23.3. The molecule has 4 aromatic heterocycles. The molecule has 0 N–H and O–H groups in total. The second kappa shape index (κ2) is 10.0. The normalized spacial score (nSPS) is 11.8. The van der Waals surface area contributed by atoms with E-state index in [9.17, 15) is 0 Å². The average Bonchev–Trinajstić information content (AvgIpc) is 3.69. The van der Waals surface area contributed by atoms with E-state index in [2.05, 4.69) is 135 Å². The molecule has 0 spiro atoms. The van der Waals surface area contributed by atoms with Gasteiger partial charge >= 0.3 is 0 Å². The third-order valence-corrected chi connectivity index (χ3v) is 9.19. The lowest BCUT2D eigenvalue weighted by Gasteiger charge is -2.13. The number of para-hydroxylation sites is 3. The van der Waals surface area contributed by atoms with Crippen molar-refractivity contribution < 1.29 is 4.74 Å². The van der Waals surface area contributed by atoms with Crippen LogP contribution in [0, 0.1) is 0 Å². The topological polar surface area (TPSA) is 44.3 Å². The predicted octanol–water partition coefficient (Wildman–Crippen LogP) is 10.7. The van der Waals surface area contributed by atoms with Crippen LogP contribution in [0.2, 0.25) is 0 Å². The van der Waals surface area contributed by atoms with E-state index in [1.807, 2.05) is 36.5 Å². The highest BCUT2D eigenvalue weighted by atomic mass is 16.5. The molecular weight excluding hydrogens is 576 g/mol. The largest absolute Gasteiger partial charge is 0.457 e. The Bertz CT molecular complexity index is 2820. The van der Waals surface area contributed by atoms with Gasteiger partial charge in [-0.15, -0.1) is 0 Å². The standard InChI is InChI=1S/C42H26N4O/c1-2-10-27(11-3-1)28-17-22-38-34(24-28)31-20-18-29(25-35(31)42-44-36-13-5-7-15-39(36)46(38)42)47-30-19-21-33-32-12-4-6-14-37(32)45(40(33)26-30)41-16-8-9-23-43-41/h1-26H. The summed E-state index contributed by atoms with van der Waals surface area (Å²) in [5.74, 6) is 2.38. The lowest BCUT2D eigenvalue weighted by Crippen LogP contribution is -1.96. The second-order valence-corrected chi connectivity index (χ2v) is 11.9. The van der Waals surface area contributed by atoms with Gasteiger partial charge in [0.25, 0.3) is 0 Å². The number of hydrogen-bond donors (Lipinski definition) is 0. The van der Waals surface area contributed by atoms with E-state index in [4.69, 9.17) is 9.72 Å². The Morgan fingerprint density at radius 2 is 1.19 bits per heavy atom. The molecule has 220 valence electrons. The molecule has 0 unspecified atom stereocenters. The minimum absolute atomic E-state index is 0.755. The highest BCUT2D eigenvalue weighted by molar-refractivity contribution is 6.15. The van der Waals surface area contributed by atoms with Gasteiger partial charge in [0, 0.05) is 33.8 Å². The Morgan fingerprint density at radius 3 is 2.06 bits per heavy atom. The summed E-state index contributed by atoms with van der Waals surface area (Å²) in [6.07, 6.45) is 1.83. The maximum atomic E-state index is 6.64. The molecule has 6 aromatic carbocycles. The van der Waals surface area contributed by atoms with Crippen molar-refractivity contribution in [2.75, 3.05) is 0 Å². The summed E-state index contributed by atoms with van der Waals surface area (Å²) in [5, 5.41) is 5.69. The van der Waals surface area contributed by atoms with Crippen LogP contribution in [-0.2, 0) is 0 Å². The molecule has 0 amide bonds. The monoisotopic (exact) mass is 602 g/mol. The molecule has 0 bridgehead atoms. The lowest BCUT2D eigenvalue weighted by molar-refractivity contribution is 0.484. The first-order valence-corrected chi connectivity index (χ1v) is 15.7. The van der Waals surface area contributed by atoms with Gasteiger partial charge in [-0.3, -0.25) is 8.97 Å². The summed E-state index contributed by atoms with van der Waals surface area (Å²) in [5.41, 5.74) is 8.62. The van der Waals surface area contributed by atoms with Crippen LogP contribution < -0.4 is 4.74 Å². The number of rotatable bonds is 4. The third kappa shape index (κ3) is 3.97. The Labute approximate surface area is 269 Å². The molecule has 0 atom stereocenters. The van der Waals surface area contributed by atoms with E-state index in [-0.39, 0.29) is 0 Å². The van der Waals surface area contributed by atoms with Crippen LogP contribution in [0.3, 0.4) is 0 Å². The number of nitrogens with zero attached hydrogens (tertiary/aromatic N) is 4. The number of benzene rings is 6. The van der Waals surface area contributed by atoms with Crippen molar-refractivity contribution in [2.24, 2.45) is 0 Å². The molecule has 0 aliphatic rings. The van der Waals surface area contributed by atoms with Crippen LogP contribution in [-0.4, -0.2) is 18.9 Å². The highest BCUT2D eigenvalue weighted by Gasteiger charge is 2.17. The zero-order valence-corrected chi connectivity index (χ0v) is 25.2. The van der Waals surface area contributed by atoms with Gasteiger partial charge in [-0.05, 0) is 89.3 Å². The van der Waals surface area contributed by atoms with Crippen LogP contribution in [0.25, 0.3) is 77.1 Å². The molecule has 5 nitrogen and oxygen atoms in total. The first-order valence-electron chi connectivity index (χ1n) is 15.7. The van der Waals surface area contributed by atoms with Crippen molar-refractivity contribution in [2.45, 2.75) is 0 Å². The van der Waals surface area contributed by atoms with Crippen molar-refractivity contribution in [3.05, 3.63) is 158 Å². The Hall–Kier alpha value is -6.46. The van der Waals surface area contributed by atoms with Gasteiger partial charge in [0.1, 0.15) is 23.0 Å². The molecule has 0 saturated carbocycles. The zero-order chi connectivity index (χ0) is 30.9. The third-order valence-electron chi connectivity index (χ3n) is 9.19. The van der Waals surface area contributed by atoms with E-state index in [1.54, 1.807) is 0 Å². The van der Waals surface area contributed by atoms with Gasteiger partial charge in [0.05, 0.1) is 27.6 Å². The van der Waals surface area contributed by atoms with Crippen LogP contribution in [0.1, 0.15) is 0 Å². The first kappa shape index (κ1) is 25.8. The van der Waals surface area contributed by atoms with Crippen LogP contribution in [0.4, 0.5) is 0 Å². The fraction of sp³-hybridized carbons (Fsp3) is 0. The molecule has 5 heteroatoms. The zero-order valence-electron chi connectivity index (χ0n) is 25.2. The average molecular weight is 603 g/mol. The number of imidazole rings is 1. The van der Waals surface area contributed by atoms with Crippen molar-refractivity contribution in [1.82, 2.24) is 18.9 Å². The van der Waals surface area contributed by atoms with E-state index in [0.29, 0.717) is 0 Å². The van der Waals surface area contributed by atoms with Crippen molar-refractivity contribution >= 4 is 60.2 Å². The molecule has 0 aliphatic heterocycles. The minimum atomic E-state index is 0.755. The molecule has 47 heavy (non-hydrogen) atoms. The molecule has 4 heterocycles. The summed E-state index contributed by atoms with van der Waals surface area (Å²) in [4.78, 5) is 9.81. The Kier molecular flexibility index (Phi) is 5.51. The van der Waals surface area contributed by atoms with E-state index in [0.717, 1.165) is 66.7 Å². The van der Waals surface area contributed by atoms with Gasteiger partial charge in [0.15, 0.2) is 0 Å². The number of ether oxygens (including phenoxy) is 1. The minimum Gasteiger partial charge on any atom is -0.457 e. The molecule has 0 saturated heterocycles. The summed E-state index contributed by atoms with van der Waals surface area (Å²) in [6.45, 7) is 0. The molecule has 0 aliphatic carbocycles. The van der Waals surface area contributed by atoms with E-state index < -0.39 is 0 Å². The summed E-state index contributed by atoms with van der Waals surface area (Å²) in [6, 6.07) is 52.7. The summed E-state index contributed by atoms with van der Waals surface area (Å²) >= 11 is 0. The molecule has 0 radical (unpaired) electrons. The Balaban J connectivity index is 1.17. The Morgan fingerprint density at radius 1 is 0.447 bits per heavy atom. The predicted molar refractivity (Wildman–Crippen MR) is 192 cm³/mol. The number of fused-ring (bicyclic) bond motifs is 11. The summed E-state index contributed by atoms with van der Waals surface area (Å²) < 4.78 is 11.1. The van der Waals surface area contributed by atoms with E-state index in [1.165, 1.54) is 21.9 Å². The van der Waals surface area contributed by atoms with Gasteiger partial charge in [-0.1, -0.05) is 72.8 Å². The fourth-order valence-corrected chi connectivity index (χ4v) is 7.10. The quantitative estimate of drug-likeness (QED) is 0.188. The number of aromatic nitrogens is 4. The second-order valence-electron chi connectivity index (χ2n) is 11.9. The SMILES string of the molecule is c1ccc(-c2ccc3c(c2)c2ccc(Oc4ccc5c6ccccc6n(-c6ccccn6)c5c4)cc2c2nc4ccccc4n32)cc1. The smallest absolute Gasteiger partial charge is 0.146 e. The maximum absolute atomic E-state index is 6.64. The number of pyridine rings is 2. The van der Waals surface area contributed by atoms with E-state index >= 15 is 0 Å². The molecule has 0 fully saturated rings. The summed E-state index contributed by atoms with van der Waals surface area (Å²) in [7, 11) is 0. The van der Waals surface area contributed by atoms with Crippen LogP contribution in [0.5, 0.6) is 11.5 Å². The van der Waals surface area contributed by atoms with Gasteiger partial charge in [-0.25, -0.2) is 9.97 Å². The fourth-order valence-electron chi connectivity index (χ4n) is 7.10. The van der Waals surface area contributed by atoms with Gasteiger partial charge < -0.3 is 4.74 Å². The maximum Gasteiger partial charge on any atom is 0.146 e. The molecule has 10 aromatic rings. The van der Waals surface area contributed by atoms with Gasteiger partial charge in [0.2, 0.25) is 0 Å². The highest BCUT2D eigenvalue weighted by Crippen LogP contribution is 2.39. The van der Waals surface area contributed by atoms with Crippen molar-refractivity contribution in [3.8, 4) is 28.4 Å². The van der Waals surface area contributed by atoms with Gasteiger partial charge in [-0.2, -0.15) is 0 Å². The number of hydrogen-bond acceptors (Lipinski definition) is 3. The van der Waals surface area contributed by atoms with Crippen LogP contribution in [0.15, 0.2) is 158 Å². The lowest BCUT2D eigenvalue weighted by atomic mass is 9.99. The molecule has 10 rings (SSSR count). The van der Waals surface area contributed by atoms with Crippen LogP contribution >= 0.6 is 0 Å². The molecular formula is C42H26N4O. The van der Waals surface area contributed by atoms with Crippen molar-refractivity contribution in [1.29, 1.82) is 0 Å².